The molecule has 1 aliphatic rings. The second-order valence-corrected chi connectivity index (χ2v) is 6.01. The van der Waals surface area contributed by atoms with Crippen LogP contribution >= 0.6 is 23.2 Å². The summed E-state index contributed by atoms with van der Waals surface area (Å²) in [5.41, 5.74) is 2.68. The van der Waals surface area contributed by atoms with E-state index in [4.69, 9.17) is 23.2 Å². The molecule has 2 N–H and O–H groups in total. The molecular weight excluding hydrogens is 371 g/mol. The van der Waals surface area contributed by atoms with Crippen molar-refractivity contribution in [2.75, 3.05) is 12.4 Å². The minimum atomic E-state index is -0.735. The lowest BCUT2D eigenvalue weighted by molar-refractivity contribution is -0.146. The SMILES string of the molecule is COC(=O)[C@H]1CCC(=O)N1/C(C)=N/NC(=O)Nc1ccc(Cl)c(Cl)c1. The fourth-order valence-electron chi connectivity index (χ4n) is 2.37. The molecule has 0 aromatic heterocycles. The van der Waals surface area contributed by atoms with Crippen molar-refractivity contribution in [1.82, 2.24) is 10.3 Å². The lowest BCUT2D eigenvalue weighted by Crippen LogP contribution is -2.43. The van der Waals surface area contributed by atoms with Crippen LogP contribution in [0.15, 0.2) is 23.3 Å². The van der Waals surface area contributed by atoms with Gasteiger partial charge in [-0.25, -0.2) is 15.0 Å². The number of halogens is 2. The van der Waals surface area contributed by atoms with Crippen LogP contribution in [0, 0.1) is 0 Å². The molecule has 0 spiro atoms. The molecule has 0 unspecified atom stereocenters. The van der Waals surface area contributed by atoms with Gasteiger partial charge in [0.15, 0.2) is 0 Å². The Morgan fingerprint density at radius 1 is 1.32 bits per heavy atom. The number of nitrogens with one attached hydrogen (secondary N) is 2. The van der Waals surface area contributed by atoms with Crippen LogP contribution < -0.4 is 10.7 Å². The molecule has 1 fully saturated rings. The number of anilines is 1. The molecule has 8 nitrogen and oxygen atoms in total. The number of hydrogen-bond acceptors (Lipinski definition) is 5. The highest BCUT2D eigenvalue weighted by Crippen LogP contribution is 2.25. The van der Waals surface area contributed by atoms with Crippen LogP contribution in [0.1, 0.15) is 19.8 Å². The summed E-state index contributed by atoms with van der Waals surface area (Å²) >= 11 is 11.7. The summed E-state index contributed by atoms with van der Waals surface area (Å²) in [6.07, 6.45) is 0.552. The first-order chi connectivity index (χ1) is 11.8. The van der Waals surface area contributed by atoms with Gasteiger partial charge in [0.1, 0.15) is 11.9 Å². The summed E-state index contributed by atoms with van der Waals surface area (Å²) in [5, 5.41) is 7.03. The summed E-state index contributed by atoms with van der Waals surface area (Å²) < 4.78 is 4.68. The third kappa shape index (κ3) is 4.61. The molecule has 2 rings (SSSR count). The first-order valence-electron chi connectivity index (χ1n) is 7.29. The van der Waals surface area contributed by atoms with Gasteiger partial charge in [-0.15, -0.1) is 0 Å². The number of rotatable bonds is 3. The van der Waals surface area contributed by atoms with Crippen molar-refractivity contribution in [1.29, 1.82) is 0 Å². The van der Waals surface area contributed by atoms with Crippen LogP contribution in [-0.2, 0) is 14.3 Å². The van der Waals surface area contributed by atoms with Crippen LogP contribution in [0.25, 0.3) is 0 Å². The number of amides is 3. The monoisotopic (exact) mass is 386 g/mol. The molecule has 1 aromatic carbocycles. The smallest absolute Gasteiger partial charge is 0.339 e. The molecule has 0 saturated carbocycles. The van der Waals surface area contributed by atoms with Crippen LogP contribution in [0.4, 0.5) is 10.5 Å². The predicted molar refractivity (Wildman–Crippen MR) is 93.6 cm³/mol. The maximum atomic E-state index is 11.9. The number of esters is 1. The number of carbonyl (C=O) groups is 3. The molecule has 1 saturated heterocycles. The number of urea groups is 1. The number of benzene rings is 1. The highest BCUT2D eigenvalue weighted by molar-refractivity contribution is 6.42. The summed E-state index contributed by atoms with van der Waals surface area (Å²) in [6, 6.07) is 3.22. The van der Waals surface area contributed by atoms with Gasteiger partial charge in [-0.1, -0.05) is 23.2 Å². The Morgan fingerprint density at radius 3 is 2.68 bits per heavy atom. The van der Waals surface area contributed by atoms with Gasteiger partial charge in [-0.3, -0.25) is 9.69 Å². The quantitative estimate of drug-likeness (QED) is 0.360. The van der Waals surface area contributed by atoms with E-state index >= 15 is 0 Å². The minimum absolute atomic E-state index is 0.183. The van der Waals surface area contributed by atoms with E-state index in [9.17, 15) is 14.4 Å². The van der Waals surface area contributed by atoms with Crippen molar-refractivity contribution in [2.24, 2.45) is 5.10 Å². The summed E-state index contributed by atoms with van der Waals surface area (Å²) in [5.74, 6) is -0.605. The summed E-state index contributed by atoms with van der Waals surface area (Å²) in [6.45, 7) is 1.51. The molecule has 0 bridgehead atoms. The lowest BCUT2D eigenvalue weighted by Gasteiger charge is -2.21. The largest absolute Gasteiger partial charge is 0.467 e. The van der Waals surface area contributed by atoms with Gasteiger partial charge in [0.25, 0.3) is 0 Å². The first-order valence-corrected chi connectivity index (χ1v) is 8.05. The third-order valence-electron chi connectivity index (χ3n) is 3.53. The van der Waals surface area contributed by atoms with Crippen LogP contribution in [0.5, 0.6) is 0 Å². The van der Waals surface area contributed by atoms with Crippen molar-refractivity contribution >= 4 is 52.6 Å². The van der Waals surface area contributed by atoms with Crippen molar-refractivity contribution in [3.05, 3.63) is 28.2 Å². The number of hydrazone groups is 1. The fraction of sp³-hybridized carbons (Fsp3) is 0.333. The maximum absolute atomic E-state index is 11.9. The number of nitrogens with zero attached hydrogens (tertiary/aromatic N) is 2. The Hall–Kier alpha value is -2.32. The zero-order valence-corrected chi connectivity index (χ0v) is 15.0. The molecular formula is C15H16Cl2N4O4. The molecule has 1 aliphatic heterocycles. The van der Waals surface area contributed by atoms with Crippen molar-refractivity contribution in [2.45, 2.75) is 25.8 Å². The Balaban J connectivity index is 2.01. The maximum Gasteiger partial charge on any atom is 0.339 e. The van der Waals surface area contributed by atoms with E-state index < -0.39 is 18.0 Å². The minimum Gasteiger partial charge on any atom is -0.467 e. The first kappa shape index (κ1) is 19.0. The van der Waals surface area contributed by atoms with Gasteiger partial charge in [0, 0.05) is 12.1 Å². The van der Waals surface area contributed by atoms with Gasteiger partial charge in [-0.2, -0.15) is 5.10 Å². The lowest BCUT2D eigenvalue weighted by atomic mass is 10.2. The number of hydrogen-bond donors (Lipinski definition) is 2. The van der Waals surface area contributed by atoms with E-state index in [-0.39, 0.29) is 18.2 Å². The van der Waals surface area contributed by atoms with E-state index in [0.29, 0.717) is 22.2 Å². The van der Waals surface area contributed by atoms with E-state index in [1.807, 2.05) is 0 Å². The number of amidine groups is 1. The standard InChI is InChI=1S/C15H16Cl2N4O4/c1-8(21-12(14(23)25-2)5-6-13(21)22)19-20-15(24)18-9-3-4-10(16)11(17)7-9/h3-4,7,12H,5-6H2,1-2H3,(H2,18,20,24)/b19-8+/t12-/m1/s1. The molecule has 134 valence electrons. The van der Waals surface area contributed by atoms with E-state index in [1.54, 1.807) is 6.07 Å². The molecule has 3 amide bonds. The van der Waals surface area contributed by atoms with Crippen molar-refractivity contribution < 1.29 is 19.1 Å². The van der Waals surface area contributed by atoms with Crippen molar-refractivity contribution in [3.8, 4) is 0 Å². The van der Waals surface area contributed by atoms with Gasteiger partial charge in [-0.05, 0) is 31.5 Å². The summed E-state index contributed by atoms with van der Waals surface area (Å²) in [4.78, 5) is 36.7. The molecule has 10 heteroatoms. The number of methoxy groups -OCH3 is 1. The number of likely N-dealkylation sites (tertiary alicyclic amines) is 1. The highest BCUT2D eigenvalue weighted by Gasteiger charge is 2.38. The zero-order chi connectivity index (χ0) is 18.6. The van der Waals surface area contributed by atoms with Crippen LogP contribution in [-0.4, -0.2) is 41.8 Å². The molecule has 25 heavy (non-hydrogen) atoms. The highest BCUT2D eigenvalue weighted by atomic mass is 35.5. The summed E-state index contributed by atoms with van der Waals surface area (Å²) in [7, 11) is 1.25. The average Bonchev–Trinajstić information content (AvgIpc) is 2.97. The molecule has 1 aromatic rings. The third-order valence-corrected chi connectivity index (χ3v) is 4.27. The van der Waals surface area contributed by atoms with Gasteiger partial charge >= 0.3 is 12.0 Å². The average molecular weight is 387 g/mol. The molecule has 0 aliphatic carbocycles. The second-order valence-electron chi connectivity index (χ2n) is 5.20. The topological polar surface area (TPSA) is 100 Å². The Kier molecular flexibility index (Phi) is 6.22. The van der Waals surface area contributed by atoms with Gasteiger partial charge < -0.3 is 10.1 Å². The van der Waals surface area contributed by atoms with Gasteiger partial charge in [0.05, 0.1) is 17.2 Å². The molecule has 1 heterocycles. The predicted octanol–water partition coefficient (Wildman–Crippen LogP) is 2.61. The molecule has 1 atom stereocenters. The number of carbonyl (C=O) groups excluding carboxylic acids is 3. The Morgan fingerprint density at radius 2 is 2.04 bits per heavy atom. The zero-order valence-electron chi connectivity index (χ0n) is 13.5. The van der Waals surface area contributed by atoms with E-state index in [1.165, 1.54) is 31.1 Å². The van der Waals surface area contributed by atoms with Crippen LogP contribution in [0.3, 0.4) is 0 Å². The van der Waals surface area contributed by atoms with Crippen LogP contribution in [0.2, 0.25) is 10.0 Å². The van der Waals surface area contributed by atoms with Crippen molar-refractivity contribution in [3.63, 3.8) is 0 Å². The van der Waals surface area contributed by atoms with E-state index in [2.05, 4.69) is 20.6 Å². The molecule has 0 radical (unpaired) electrons. The van der Waals surface area contributed by atoms with Gasteiger partial charge in [0.2, 0.25) is 5.91 Å². The second kappa shape index (κ2) is 8.17. The Bertz CT molecular complexity index is 738. The number of ether oxygens (including phenoxy) is 1. The fourth-order valence-corrected chi connectivity index (χ4v) is 2.67. The normalized spacial score (nSPS) is 17.4. The Labute approximate surface area is 154 Å². The van der Waals surface area contributed by atoms with E-state index in [0.717, 1.165) is 0 Å².